The largest absolute Gasteiger partial charge is 0.198 e. The van der Waals surface area contributed by atoms with E-state index in [0.717, 1.165) is 34.3 Å². The SMILES string of the molecule is N#CC1(Cc2ccc(Br)cc2Cl)CC1. The Hall–Kier alpha value is -0.520. The second-order valence-corrected chi connectivity index (χ2v) is 5.13. The maximum atomic E-state index is 8.96. The molecule has 0 unspecified atom stereocenters. The molecular formula is C11H9BrClN. The van der Waals surface area contributed by atoms with Crippen LogP contribution in [0.4, 0.5) is 0 Å². The van der Waals surface area contributed by atoms with Gasteiger partial charge in [0, 0.05) is 9.50 Å². The predicted molar refractivity (Wildman–Crippen MR) is 60.1 cm³/mol. The molecule has 0 saturated heterocycles. The van der Waals surface area contributed by atoms with Crippen LogP contribution in [0, 0.1) is 16.7 Å². The molecule has 0 heterocycles. The Morgan fingerprint density at radius 3 is 2.71 bits per heavy atom. The molecule has 1 aromatic rings. The van der Waals surface area contributed by atoms with Crippen molar-refractivity contribution in [3.8, 4) is 6.07 Å². The van der Waals surface area contributed by atoms with Crippen LogP contribution in [0.2, 0.25) is 5.02 Å². The summed E-state index contributed by atoms with van der Waals surface area (Å²) in [5.41, 5.74) is 0.964. The van der Waals surface area contributed by atoms with Gasteiger partial charge in [0.2, 0.25) is 0 Å². The first kappa shape index (κ1) is 10.0. The molecule has 3 heteroatoms. The van der Waals surface area contributed by atoms with Crippen molar-refractivity contribution in [3.63, 3.8) is 0 Å². The lowest BCUT2D eigenvalue weighted by molar-refractivity contribution is 0.665. The van der Waals surface area contributed by atoms with Gasteiger partial charge in [0.15, 0.2) is 0 Å². The van der Waals surface area contributed by atoms with Gasteiger partial charge in [0.25, 0.3) is 0 Å². The highest BCUT2D eigenvalue weighted by Crippen LogP contribution is 2.48. The Labute approximate surface area is 96.8 Å². The van der Waals surface area contributed by atoms with Crippen molar-refractivity contribution in [3.05, 3.63) is 33.3 Å². The molecule has 0 aliphatic heterocycles. The summed E-state index contributed by atoms with van der Waals surface area (Å²) in [7, 11) is 0. The molecule has 0 atom stereocenters. The quantitative estimate of drug-likeness (QED) is 0.798. The Bertz CT molecular complexity index is 404. The second-order valence-electron chi connectivity index (χ2n) is 3.80. The highest BCUT2D eigenvalue weighted by molar-refractivity contribution is 9.10. The molecule has 0 aromatic heterocycles. The number of hydrogen-bond acceptors (Lipinski definition) is 1. The summed E-state index contributed by atoms with van der Waals surface area (Å²) in [5, 5.41) is 9.71. The zero-order valence-electron chi connectivity index (χ0n) is 7.56. The van der Waals surface area contributed by atoms with Crippen LogP contribution in [-0.2, 0) is 6.42 Å². The highest BCUT2D eigenvalue weighted by atomic mass is 79.9. The Morgan fingerprint density at radius 1 is 1.50 bits per heavy atom. The van der Waals surface area contributed by atoms with Crippen LogP contribution in [0.25, 0.3) is 0 Å². The molecule has 1 aromatic carbocycles. The Morgan fingerprint density at radius 2 is 2.21 bits per heavy atom. The average Bonchev–Trinajstić information content (AvgIpc) is 2.91. The third kappa shape index (κ3) is 1.94. The lowest BCUT2D eigenvalue weighted by Gasteiger charge is -2.07. The normalized spacial score (nSPS) is 17.5. The van der Waals surface area contributed by atoms with Crippen LogP contribution in [0.15, 0.2) is 22.7 Å². The van der Waals surface area contributed by atoms with E-state index in [0.29, 0.717) is 0 Å². The molecule has 1 aliphatic rings. The van der Waals surface area contributed by atoms with Gasteiger partial charge in [-0.3, -0.25) is 0 Å². The van der Waals surface area contributed by atoms with E-state index in [1.165, 1.54) is 0 Å². The maximum Gasteiger partial charge on any atom is 0.0693 e. The lowest BCUT2D eigenvalue weighted by Crippen LogP contribution is -2.01. The predicted octanol–water partition coefficient (Wildman–Crippen LogP) is 3.95. The maximum absolute atomic E-state index is 8.96. The van der Waals surface area contributed by atoms with Gasteiger partial charge < -0.3 is 0 Å². The van der Waals surface area contributed by atoms with Crippen molar-refractivity contribution in [2.24, 2.45) is 5.41 Å². The fraction of sp³-hybridized carbons (Fsp3) is 0.364. The van der Waals surface area contributed by atoms with Crippen molar-refractivity contribution in [1.29, 1.82) is 5.26 Å². The molecule has 0 spiro atoms. The minimum Gasteiger partial charge on any atom is -0.198 e. The molecule has 1 nitrogen and oxygen atoms in total. The Kier molecular flexibility index (Phi) is 2.55. The summed E-state index contributed by atoms with van der Waals surface area (Å²) >= 11 is 9.44. The molecule has 1 saturated carbocycles. The van der Waals surface area contributed by atoms with Crippen molar-refractivity contribution >= 4 is 27.5 Å². The van der Waals surface area contributed by atoms with Gasteiger partial charge >= 0.3 is 0 Å². The van der Waals surface area contributed by atoms with Crippen molar-refractivity contribution in [1.82, 2.24) is 0 Å². The smallest absolute Gasteiger partial charge is 0.0693 e. The van der Waals surface area contributed by atoms with E-state index < -0.39 is 0 Å². The van der Waals surface area contributed by atoms with Crippen LogP contribution >= 0.6 is 27.5 Å². The van der Waals surface area contributed by atoms with Crippen molar-refractivity contribution < 1.29 is 0 Å². The van der Waals surface area contributed by atoms with Gasteiger partial charge in [0.1, 0.15) is 0 Å². The van der Waals surface area contributed by atoms with Crippen LogP contribution in [-0.4, -0.2) is 0 Å². The summed E-state index contributed by atoms with van der Waals surface area (Å²) in [6.07, 6.45) is 2.81. The first-order valence-corrected chi connectivity index (χ1v) is 5.67. The third-order valence-electron chi connectivity index (χ3n) is 2.63. The zero-order valence-corrected chi connectivity index (χ0v) is 9.90. The molecule has 0 amide bonds. The number of rotatable bonds is 2. The zero-order chi connectivity index (χ0) is 10.2. The van der Waals surface area contributed by atoms with Gasteiger partial charge in [-0.1, -0.05) is 33.6 Å². The van der Waals surface area contributed by atoms with E-state index in [-0.39, 0.29) is 5.41 Å². The number of nitrogens with zero attached hydrogens (tertiary/aromatic N) is 1. The van der Waals surface area contributed by atoms with E-state index in [1.54, 1.807) is 0 Å². The van der Waals surface area contributed by atoms with Crippen LogP contribution < -0.4 is 0 Å². The number of benzene rings is 1. The topological polar surface area (TPSA) is 23.8 Å². The Balaban J connectivity index is 2.22. The molecule has 0 radical (unpaired) electrons. The second kappa shape index (κ2) is 3.56. The summed E-state index contributed by atoms with van der Waals surface area (Å²) in [4.78, 5) is 0. The molecule has 0 N–H and O–H groups in total. The first-order valence-electron chi connectivity index (χ1n) is 4.50. The number of halogens is 2. The van der Waals surface area contributed by atoms with Gasteiger partial charge in [-0.15, -0.1) is 0 Å². The summed E-state index contributed by atoms with van der Waals surface area (Å²) in [6.45, 7) is 0. The number of nitriles is 1. The molecular weight excluding hydrogens is 261 g/mol. The fourth-order valence-electron chi connectivity index (χ4n) is 1.51. The molecule has 72 valence electrons. The minimum absolute atomic E-state index is 0.114. The summed E-state index contributed by atoms with van der Waals surface area (Å²) in [6, 6.07) is 8.21. The van der Waals surface area contributed by atoms with Gasteiger partial charge in [-0.2, -0.15) is 5.26 Å². The number of hydrogen-bond donors (Lipinski definition) is 0. The highest BCUT2D eigenvalue weighted by Gasteiger charge is 2.43. The van der Waals surface area contributed by atoms with E-state index in [4.69, 9.17) is 16.9 Å². The monoisotopic (exact) mass is 269 g/mol. The minimum atomic E-state index is -0.114. The van der Waals surface area contributed by atoms with Crippen molar-refractivity contribution in [2.75, 3.05) is 0 Å². The van der Waals surface area contributed by atoms with Crippen LogP contribution in [0.5, 0.6) is 0 Å². The van der Waals surface area contributed by atoms with Crippen LogP contribution in [0.3, 0.4) is 0 Å². The van der Waals surface area contributed by atoms with E-state index >= 15 is 0 Å². The standard InChI is InChI=1S/C11H9BrClN/c12-9-2-1-8(10(13)5-9)6-11(7-14)3-4-11/h1-2,5H,3-4,6H2. The van der Waals surface area contributed by atoms with E-state index in [9.17, 15) is 0 Å². The molecule has 1 aliphatic carbocycles. The molecule has 1 fully saturated rings. The van der Waals surface area contributed by atoms with Gasteiger partial charge in [0.05, 0.1) is 11.5 Å². The lowest BCUT2D eigenvalue weighted by atomic mass is 9.98. The van der Waals surface area contributed by atoms with Crippen molar-refractivity contribution in [2.45, 2.75) is 19.3 Å². The molecule has 14 heavy (non-hydrogen) atoms. The average molecular weight is 271 g/mol. The first-order chi connectivity index (χ1) is 6.65. The fourth-order valence-corrected chi connectivity index (χ4v) is 2.25. The van der Waals surface area contributed by atoms with Gasteiger partial charge in [-0.25, -0.2) is 0 Å². The van der Waals surface area contributed by atoms with Crippen LogP contribution in [0.1, 0.15) is 18.4 Å². The molecule has 0 bridgehead atoms. The summed E-state index contributed by atoms with van der Waals surface area (Å²) < 4.78 is 0.980. The van der Waals surface area contributed by atoms with Gasteiger partial charge in [-0.05, 0) is 37.0 Å². The van der Waals surface area contributed by atoms with E-state index in [1.807, 2.05) is 18.2 Å². The third-order valence-corrected chi connectivity index (χ3v) is 3.48. The molecule has 2 rings (SSSR count). The van der Waals surface area contributed by atoms with E-state index in [2.05, 4.69) is 22.0 Å². The summed E-state index contributed by atoms with van der Waals surface area (Å²) in [5.74, 6) is 0.